The van der Waals surface area contributed by atoms with E-state index in [9.17, 15) is 0 Å². The second-order valence-electron chi connectivity index (χ2n) is 10.6. The van der Waals surface area contributed by atoms with Crippen LogP contribution in [0, 0.1) is 5.41 Å². The van der Waals surface area contributed by atoms with Gasteiger partial charge in [0.2, 0.25) is 0 Å². The van der Waals surface area contributed by atoms with Gasteiger partial charge in [-0.1, -0.05) is 0 Å². The molecule has 0 heterocycles. The number of benzene rings is 3. The van der Waals surface area contributed by atoms with Crippen LogP contribution in [0.5, 0.6) is 0 Å². The van der Waals surface area contributed by atoms with E-state index in [1.807, 2.05) is 0 Å². The molecule has 0 radical (unpaired) electrons. The van der Waals surface area contributed by atoms with Gasteiger partial charge >= 0.3 is 221 Å². The zero-order valence-electron chi connectivity index (χ0n) is 21.5. The normalized spacial score (nSPS) is 17.9. The van der Waals surface area contributed by atoms with Crippen LogP contribution < -0.4 is 15.9 Å². The molecule has 0 aromatic heterocycles. The van der Waals surface area contributed by atoms with Crippen molar-refractivity contribution < 1.29 is 0 Å². The van der Waals surface area contributed by atoms with E-state index in [-0.39, 0.29) is 5.41 Å². The van der Waals surface area contributed by atoms with Crippen molar-refractivity contribution in [2.45, 2.75) is 47.0 Å². The average Bonchev–Trinajstić information content (AvgIpc) is 2.88. The van der Waals surface area contributed by atoms with Crippen LogP contribution in [-0.4, -0.2) is 6.16 Å². The van der Waals surface area contributed by atoms with Gasteiger partial charge in [-0.05, 0) is 0 Å². The number of rotatable bonds is 7. The van der Waals surface area contributed by atoms with Crippen molar-refractivity contribution >= 4 is 36.7 Å². The summed E-state index contributed by atoms with van der Waals surface area (Å²) in [6, 6.07) is 33.1. The molecule has 4 rings (SSSR count). The molecule has 0 N–H and O–H groups in total. The van der Waals surface area contributed by atoms with E-state index in [1.165, 1.54) is 46.3 Å². The standard InChI is InChI=1S/C33H38BrP/c1-27(22-23-32-28(2)15-14-25-33(32,3)4)24-26-35(34,29-16-8-5-9-17-29,30-18-10-6-11-19-30)31-20-12-7-13-21-31/h5-13,16-24H,14-15,25-26H2,1-4H3/b23-22+,27-24+. The van der Waals surface area contributed by atoms with Crippen molar-refractivity contribution in [2.24, 2.45) is 5.41 Å². The molecule has 3 aromatic rings. The first-order chi connectivity index (χ1) is 16.8. The predicted octanol–water partition coefficient (Wildman–Crippen LogP) is 8.86. The Hall–Kier alpha value is -2.21. The first-order valence-electron chi connectivity index (χ1n) is 12.7. The molecule has 0 fully saturated rings. The summed E-state index contributed by atoms with van der Waals surface area (Å²) >= 11 is 4.55. The Morgan fingerprint density at radius 2 is 1.29 bits per heavy atom. The van der Waals surface area contributed by atoms with Gasteiger partial charge < -0.3 is 0 Å². The molecule has 0 atom stereocenters. The van der Waals surface area contributed by atoms with Crippen LogP contribution in [0.4, 0.5) is 0 Å². The zero-order valence-corrected chi connectivity index (χ0v) is 24.0. The predicted molar refractivity (Wildman–Crippen MR) is 162 cm³/mol. The topological polar surface area (TPSA) is 0 Å². The molecule has 0 aliphatic heterocycles. The van der Waals surface area contributed by atoms with E-state index in [0.29, 0.717) is 0 Å². The zero-order chi connectivity index (χ0) is 25.0. The molecule has 35 heavy (non-hydrogen) atoms. The fourth-order valence-electron chi connectivity index (χ4n) is 5.59. The summed E-state index contributed by atoms with van der Waals surface area (Å²) in [5.74, 6) is 0. The summed E-state index contributed by atoms with van der Waals surface area (Å²) in [5.41, 5.74) is 4.62. The summed E-state index contributed by atoms with van der Waals surface area (Å²) in [5, 5.41) is 1.15. The summed E-state index contributed by atoms with van der Waals surface area (Å²) < 4.78 is 0. The minimum atomic E-state index is -2.92. The molecule has 0 amide bonds. The Morgan fingerprint density at radius 3 is 1.71 bits per heavy atom. The maximum absolute atomic E-state index is 4.55. The Kier molecular flexibility index (Phi) is 7.70. The van der Waals surface area contributed by atoms with Gasteiger partial charge in [-0.3, -0.25) is 0 Å². The van der Waals surface area contributed by atoms with Crippen molar-refractivity contribution in [3.05, 3.63) is 126 Å². The van der Waals surface area contributed by atoms with Crippen LogP contribution in [-0.2, 0) is 0 Å². The summed E-state index contributed by atoms with van der Waals surface area (Å²) in [4.78, 5) is 0. The van der Waals surface area contributed by atoms with Crippen molar-refractivity contribution in [1.29, 1.82) is 0 Å². The van der Waals surface area contributed by atoms with Crippen LogP contribution >= 0.6 is 20.8 Å². The fourth-order valence-corrected chi connectivity index (χ4v) is 12.7. The average molecular weight is 546 g/mol. The third kappa shape index (κ3) is 5.04. The molecule has 0 spiro atoms. The van der Waals surface area contributed by atoms with E-state index < -0.39 is 5.31 Å². The van der Waals surface area contributed by atoms with Gasteiger partial charge in [-0.2, -0.15) is 0 Å². The van der Waals surface area contributed by atoms with Crippen molar-refractivity contribution in [1.82, 2.24) is 0 Å². The summed E-state index contributed by atoms with van der Waals surface area (Å²) in [6.45, 7) is 9.33. The third-order valence-corrected chi connectivity index (χ3v) is 17.2. The summed E-state index contributed by atoms with van der Waals surface area (Å²) in [7, 11) is 0. The van der Waals surface area contributed by atoms with Gasteiger partial charge in [0.15, 0.2) is 0 Å². The van der Waals surface area contributed by atoms with E-state index in [2.05, 4.69) is 152 Å². The van der Waals surface area contributed by atoms with Gasteiger partial charge in [0.25, 0.3) is 0 Å². The Balaban J connectivity index is 1.84. The molecule has 182 valence electrons. The van der Waals surface area contributed by atoms with Crippen LogP contribution in [0.3, 0.4) is 0 Å². The van der Waals surface area contributed by atoms with Gasteiger partial charge in [0.05, 0.1) is 0 Å². The SMILES string of the molecule is CC1=C(/C=C/C(C)=C/CP(Br)(c2ccccc2)(c2ccccc2)c2ccccc2)C(C)(C)CCC1. The number of hydrogen-bond donors (Lipinski definition) is 0. The van der Waals surface area contributed by atoms with Gasteiger partial charge in [0.1, 0.15) is 0 Å². The number of allylic oxidation sites excluding steroid dienone is 6. The molecule has 3 aromatic carbocycles. The molecule has 2 heteroatoms. The molecule has 0 nitrogen and oxygen atoms in total. The van der Waals surface area contributed by atoms with Crippen LogP contribution in [0.25, 0.3) is 0 Å². The molecule has 1 aliphatic rings. The quantitative estimate of drug-likeness (QED) is 0.206. The first kappa shape index (κ1) is 25.9. The van der Waals surface area contributed by atoms with Crippen LogP contribution in [0.15, 0.2) is 126 Å². The van der Waals surface area contributed by atoms with E-state index >= 15 is 0 Å². The van der Waals surface area contributed by atoms with E-state index in [4.69, 9.17) is 0 Å². The first-order valence-corrected chi connectivity index (χ1v) is 17.1. The molecule has 0 bridgehead atoms. The molecule has 0 saturated heterocycles. The molecule has 0 saturated carbocycles. The van der Waals surface area contributed by atoms with Crippen LogP contribution in [0.2, 0.25) is 0 Å². The van der Waals surface area contributed by atoms with Crippen molar-refractivity contribution in [2.75, 3.05) is 6.16 Å². The number of halogens is 1. The van der Waals surface area contributed by atoms with E-state index in [1.54, 1.807) is 5.57 Å². The molecule has 1 aliphatic carbocycles. The molecule has 0 unspecified atom stereocenters. The Morgan fingerprint density at radius 1 is 0.829 bits per heavy atom. The fraction of sp³-hybridized carbons (Fsp3) is 0.273. The maximum atomic E-state index is 4.55. The minimum absolute atomic E-state index is 0.256. The Bertz CT molecular complexity index is 1130. The second kappa shape index (κ2) is 10.4. The van der Waals surface area contributed by atoms with E-state index in [0.717, 1.165) is 6.16 Å². The number of hydrogen-bond acceptors (Lipinski definition) is 0. The molecular weight excluding hydrogens is 507 g/mol. The van der Waals surface area contributed by atoms with Gasteiger partial charge in [-0.15, -0.1) is 0 Å². The monoisotopic (exact) mass is 544 g/mol. The third-order valence-electron chi connectivity index (χ3n) is 7.70. The van der Waals surface area contributed by atoms with Gasteiger partial charge in [-0.25, -0.2) is 0 Å². The molecular formula is C33H38BrP. The van der Waals surface area contributed by atoms with Crippen LogP contribution in [0.1, 0.15) is 47.0 Å². The second-order valence-corrected chi connectivity index (χ2v) is 19.6. The summed E-state index contributed by atoms with van der Waals surface area (Å²) in [6.07, 6.45) is 11.9. The van der Waals surface area contributed by atoms with Crippen molar-refractivity contribution in [3.63, 3.8) is 0 Å². The van der Waals surface area contributed by atoms with Crippen molar-refractivity contribution in [3.8, 4) is 0 Å². The van der Waals surface area contributed by atoms with Gasteiger partial charge in [0, 0.05) is 0 Å². The Labute approximate surface area is 220 Å².